The summed E-state index contributed by atoms with van der Waals surface area (Å²) in [7, 11) is 0. The molecule has 25 heavy (non-hydrogen) atoms. The molecule has 134 valence electrons. The monoisotopic (exact) mass is 364 g/mol. The molecule has 0 aliphatic carbocycles. The van der Waals surface area contributed by atoms with Crippen LogP contribution in [-0.4, -0.2) is 12.6 Å². The van der Waals surface area contributed by atoms with Crippen molar-refractivity contribution in [2.75, 3.05) is 0 Å². The highest BCUT2D eigenvalue weighted by Gasteiger charge is 2.31. The van der Waals surface area contributed by atoms with Gasteiger partial charge >= 0.3 is 12.5 Å². The predicted molar refractivity (Wildman–Crippen MR) is 74.3 cm³/mol. The van der Waals surface area contributed by atoms with Crippen LogP contribution in [0.3, 0.4) is 0 Å². The molecule has 0 spiro atoms. The Morgan fingerprint density at radius 3 is 2.00 bits per heavy atom. The van der Waals surface area contributed by atoms with Crippen LogP contribution in [0.4, 0.5) is 26.3 Å². The van der Waals surface area contributed by atoms with E-state index in [9.17, 15) is 31.1 Å². The van der Waals surface area contributed by atoms with Gasteiger partial charge in [0.05, 0.1) is 5.56 Å². The topological polar surface area (TPSA) is 35.5 Å². The molecule has 2 rings (SSSR count). The predicted octanol–water partition coefficient (Wildman–Crippen LogP) is 5.00. The molecule has 0 aromatic heterocycles. The van der Waals surface area contributed by atoms with Gasteiger partial charge in [-0.3, -0.25) is 4.79 Å². The third-order valence-corrected chi connectivity index (χ3v) is 2.96. The molecule has 0 unspecified atom stereocenters. The van der Waals surface area contributed by atoms with Crippen molar-refractivity contribution >= 4 is 6.29 Å². The third-order valence-electron chi connectivity index (χ3n) is 2.96. The van der Waals surface area contributed by atoms with Crippen LogP contribution >= 0.6 is 0 Å². The van der Waals surface area contributed by atoms with E-state index in [1.807, 2.05) is 0 Å². The van der Waals surface area contributed by atoms with E-state index in [2.05, 4.69) is 4.74 Å². The maximum absolute atomic E-state index is 12.5. The number of benzene rings is 2. The minimum atomic E-state index is -4.94. The fourth-order valence-electron chi connectivity index (χ4n) is 1.89. The average Bonchev–Trinajstić information content (AvgIpc) is 2.50. The lowest BCUT2D eigenvalue weighted by Crippen LogP contribution is -2.17. The van der Waals surface area contributed by atoms with Gasteiger partial charge in [0.25, 0.3) is 0 Å². The van der Waals surface area contributed by atoms with E-state index in [4.69, 9.17) is 4.74 Å². The van der Waals surface area contributed by atoms with E-state index in [1.165, 1.54) is 18.2 Å². The van der Waals surface area contributed by atoms with Crippen LogP contribution in [-0.2, 0) is 12.8 Å². The Kier molecular flexibility index (Phi) is 5.24. The van der Waals surface area contributed by atoms with E-state index < -0.39 is 23.9 Å². The first kappa shape index (κ1) is 18.6. The van der Waals surface area contributed by atoms with Crippen LogP contribution in [0.15, 0.2) is 42.5 Å². The standard InChI is InChI=1S/C16H10F6O3/c17-15(18,19)12-3-1-10(2-4-12)9-24-13-5-11(8-23)6-14(7-13)25-16(20,21)22/h1-8H,9H2. The second kappa shape index (κ2) is 7.04. The molecule has 0 saturated heterocycles. The van der Waals surface area contributed by atoms with Crippen molar-refractivity contribution < 1.29 is 40.6 Å². The number of carbonyl (C=O) groups is 1. The molecule has 0 heterocycles. The largest absolute Gasteiger partial charge is 0.573 e. The van der Waals surface area contributed by atoms with Gasteiger partial charge in [-0.05, 0) is 29.8 Å². The number of rotatable bonds is 5. The zero-order valence-electron chi connectivity index (χ0n) is 12.3. The molecule has 3 nitrogen and oxygen atoms in total. The van der Waals surface area contributed by atoms with Crippen molar-refractivity contribution in [3.63, 3.8) is 0 Å². The van der Waals surface area contributed by atoms with Gasteiger partial charge in [0.2, 0.25) is 0 Å². The highest BCUT2D eigenvalue weighted by atomic mass is 19.4. The molecule has 0 bridgehead atoms. The summed E-state index contributed by atoms with van der Waals surface area (Å²) in [5.41, 5.74) is -0.577. The van der Waals surface area contributed by atoms with Crippen molar-refractivity contribution in [3.05, 3.63) is 59.2 Å². The van der Waals surface area contributed by atoms with Crippen LogP contribution < -0.4 is 9.47 Å². The smallest absolute Gasteiger partial charge is 0.489 e. The van der Waals surface area contributed by atoms with E-state index in [0.29, 0.717) is 11.8 Å². The summed E-state index contributed by atoms with van der Waals surface area (Å²) in [5, 5.41) is 0. The molecule has 0 aliphatic heterocycles. The Morgan fingerprint density at radius 1 is 0.880 bits per heavy atom. The highest BCUT2D eigenvalue weighted by Crippen LogP contribution is 2.30. The molecule has 2 aromatic rings. The van der Waals surface area contributed by atoms with Crippen molar-refractivity contribution in [1.29, 1.82) is 0 Å². The van der Waals surface area contributed by atoms with Gasteiger partial charge in [-0.2, -0.15) is 13.2 Å². The molecule has 0 radical (unpaired) electrons. The zero-order chi connectivity index (χ0) is 18.7. The maximum Gasteiger partial charge on any atom is 0.573 e. The number of aldehydes is 1. The highest BCUT2D eigenvalue weighted by molar-refractivity contribution is 5.76. The Balaban J connectivity index is 2.12. The van der Waals surface area contributed by atoms with Crippen LogP contribution in [0.2, 0.25) is 0 Å². The fraction of sp³-hybridized carbons (Fsp3) is 0.188. The number of hydrogen-bond donors (Lipinski definition) is 0. The number of carbonyl (C=O) groups excluding carboxylic acids is 1. The van der Waals surface area contributed by atoms with Gasteiger partial charge in [0.1, 0.15) is 24.4 Å². The molecule has 0 atom stereocenters. The van der Waals surface area contributed by atoms with Gasteiger partial charge in [-0.15, -0.1) is 13.2 Å². The van der Waals surface area contributed by atoms with E-state index in [1.54, 1.807) is 0 Å². The number of ether oxygens (including phenoxy) is 2. The summed E-state index contributed by atoms with van der Waals surface area (Å²) in [4.78, 5) is 10.8. The molecular weight excluding hydrogens is 354 g/mol. The Labute approximate surface area is 137 Å². The van der Waals surface area contributed by atoms with E-state index in [-0.39, 0.29) is 17.9 Å². The summed E-state index contributed by atoms with van der Waals surface area (Å²) in [6.07, 6.45) is -9.10. The molecular formula is C16H10F6O3. The van der Waals surface area contributed by atoms with Crippen LogP contribution in [0.5, 0.6) is 11.5 Å². The number of alkyl halides is 6. The molecule has 0 aliphatic rings. The third kappa shape index (κ3) is 5.70. The number of hydrogen-bond acceptors (Lipinski definition) is 3. The first-order valence-electron chi connectivity index (χ1n) is 6.72. The summed E-state index contributed by atoms with van der Waals surface area (Å²) in [6.45, 7) is -0.202. The first-order valence-corrected chi connectivity index (χ1v) is 6.72. The lowest BCUT2D eigenvalue weighted by molar-refractivity contribution is -0.274. The van der Waals surface area contributed by atoms with E-state index >= 15 is 0 Å². The molecule has 0 fully saturated rings. The van der Waals surface area contributed by atoms with Crippen molar-refractivity contribution in [2.45, 2.75) is 19.1 Å². The van der Waals surface area contributed by atoms with Gasteiger partial charge in [0, 0.05) is 11.6 Å². The minimum absolute atomic E-state index is 0.0938. The van der Waals surface area contributed by atoms with Crippen LogP contribution in [0.1, 0.15) is 21.5 Å². The maximum atomic E-state index is 12.5. The van der Waals surface area contributed by atoms with Gasteiger partial charge in [0.15, 0.2) is 0 Å². The molecule has 9 heteroatoms. The zero-order valence-corrected chi connectivity index (χ0v) is 12.3. The lowest BCUT2D eigenvalue weighted by Gasteiger charge is -2.12. The SMILES string of the molecule is O=Cc1cc(OCc2ccc(C(F)(F)F)cc2)cc(OC(F)(F)F)c1. The minimum Gasteiger partial charge on any atom is -0.489 e. The van der Waals surface area contributed by atoms with Crippen molar-refractivity contribution in [2.24, 2.45) is 0 Å². The molecule has 0 amide bonds. The van der Waals surface area contributed by atoms with Gasteiger partial charge in [-0.1, -0.05) is 12.1 Å². The summed E-state index contributed by atoms with van der Waals surface area (Å²) < 4.78 is 83.1. The second-order valence-corrected chi connectivity index (χ2v) is 4.89. The Bertz CT molecular complexity index is 735. The summed E-state index contributed by atoms with van der Waals surface area (Å²) >= 11 is 0. The number of halogens is 6. The second-order valence-electron chi connectivity index (χ2n) is 4.89. The Morgan fingerprint density at radius 2 is 1.48 bits per heavy atom. The van der Waals surface area contributed by atoms with E-state index in [0.717, 1.165) is 24.3 Å². The van der Waals surface area contributed by atoms with Crippen LogP contribution in [0, 0.1) is 0 Å². The van der Waals surface area contributed by atoms with Gasteiger partial charge in [-0.25, -0.2) is 0 Å². The molecule has 2 aromatic carbocycles. The first-order chi connectivity index (χ1) is 11.6. The summed E-state index contributed by atoms with van der Waals surface area (Å²) in [6, 6.07) is 7.06. The summed E-state index contributed by atoms with van der Waals surface area (Å²) in [5.74, 6) is -0.733. The van der Waals surface area contributed by atoms with Crippen LogP contribution in [0.25, 0.3) is 0 Å². The average molecular weight is 364 g/mol. The Hall–Kier alpha value is -2.71. The fourth-order valence-corrected chi connectivity index (χ4v) is 1.89. The molecule has 0 saturated carbocycles. The molecule has 0 N–H and O–H groups in total. The lowest BCUT2D eigenvalue weighted by atomic mass is 10.1. The van der Waals surface area contributed by atoms with Crippen molar-refractivity contribution in [1.82, 2.24) is 0 Å². The normalized spacial score (nSPS) is 11.9. The quantitative estimate of drug-likeness (QED) is 0.554. The van der Waals surface area contributed by atoms with Crippen molar-refractivity contribution in [3.8, 4) is 11.5 Å². The van der Waals surface area contributed by atoms with Gasteiger partial charge < -0.3 is 9.47 Å².